The van der Waals surface area contributed by atoms with Gasteiger partial charge in [-0.05, 0) is 47.9 Å². The highest BCUT2D eigenvalue weighted by molar-refractivity contribution is 5.37. The molecule has 0 aromatic heterocycles. The molecular weight excluding hydrogens is 254 g/mol. The molecule has 0 aliphatic rings. The van der Waals surface area contributed by atoms with Crippen LogP contribution in [0.3, 0.4) is 0 Å². The minimum absolute atomic E-state index is 0.517. The molecule has 0 saturated carbocycles. The molecule has 0 fully saturated rings. The maximum atomic E-state index is 3.76. The van der Waals surface area contributed by atoms with E-state index in [-0.39, 0.29) is 0 Å². The Morgan fingerprint density at radius 3 is 2.14 bits per heavy atom. The van der Waals surface area contributed by atoms with Gasteiger partial charge in [-0.2, -0.15) is 0 Å². The third-order valence-electron chi connectivity index (χ3n) is 4.26. The minimum atomic E-state index is 0.517. The number of hydrogen-bond acceptors (Lipinski definition) is 1. The van der Waals surface area contributed by atoms with Gasteiger partial charge in [-0.1, -0.05) is 72.6 Å². The van der Waals surface area contributed by atoms with Crippen LogP contribution in [0.1, 0.15) is 102 Å². The number of rotatable bonds is 9. The van der Waals surface area contributed by atoms with Gasteiger partial charge in [0.1, 0.15) is 0 Å². The SMILES string of the molecule is CCCCC(NCCC)c1ccc(C(C)C)cc1C(C)C. The van der Waals surface area contributed by atoms with E-state index in [0.717, 1.165) is 6.54 Å². The van der Waals surface area contributed by atoms with Crippen LogP contribution in [0.5, 0.6) is 0 Å². The highest BCUT2D eigenvalue weighted by Gasteiger charge is 2.17. The number of hydrogen-bond donors (Lipinski definition) is 1. The molecule has 120 valence electrons. The molecular formula is C20H35N. The van der Waals surface area contributed by atoms with Gasteiger partial charge in [-0.3, -0.25) is 0 Å². The second kappa shape index (κ2) is 9.25. The zero-order valence-corrected chi connectivity index (χ0v) is 15.0. The summed E-state index contributed by atoms with van der Waals surface area (Å²) in [5, 5.41) is 3.76. The van der Waals surface area contributed by atoms with Gasteiger partial charge in [0.25, 0.3) is 0 Å². The lowest BCUT2D eigenvalue weighted by molar-refractivity contribution is 0.476. The monoisotopic (exact) mass is 289 g/mol. The van der Waals surface area contributed by atoms with Crippen LogP contribution in [-0.2, 0) is 0 Å². The summed E-state index contributed by atoms with van der Waals surface area (Å²) in [5.41, 5.74) is 4.52. The number of nitrogens with one attached hydrogen (secondary N) is 1. The number of unbranched alkanes of at least 4 members (excludes halogenated alkanes) is 1. The van der Waals surface area contributed by atoms with Crippen molar-refractivity contribution in [3.63, 3.8) is 0 Å². The fourth-order valence-electron chi connectivity index (χ4n) is 2.86. The van der Waals surface area contributed by atoms with Crippen molar-refractivity contribution in [3.8, 4) is 0 Å². The van der Waals surface area contributed by atoms with Crippen LogP contribution in [0.25, 0.3) is 0 Å². The van der Waals surface area contributed by atoms with Crippen LogP contribution in [-0.4, -0.2) is 6.54 Å². The lowest BCUT2D eigenvalue weighted by Crippen LogP contribution is -2.23. The average molecular weight is 290 g/mol. The van der Waals surface area contributed by atoms with Crippen LogP contribution in [0.4, 0.5) is 0 Å². The Labute approximate surface area is 132 Å². The van der Waals surface area contributed by atoms with Crippen molar-refractivity contribution < 1.29 is 0 Å². The topological polar surface area (TPSA) is 12.0 Å². The van der Waals surface area contributed by atoms with Gasteiger partial charge in [0.15, 0.2) is 0 Å². The Kier molecular flexibility index (Phi) is 8.03. The van der Waals surface area contributed by atoms with E-state index in [1.807, 2.05) is 0 Å². The van der Waals surface area contributed by atoms with E-state index in [9.17, 15) is 0 Å². The molecule has 21 heavy (non-hydrogen) atoms. The van der Waals surface area contributed by atoms with E-state index >= 15 is 0 Å². The van der Waals surface area contributed by atoms with Gasteiger partial charge >= 0.3 is 0 Å². The zero-order valence-electron chi connectivity index (χ0n) is 15.0. The van der Waals surface area contributed by atoms with E-state index in [1.165, 1.54) is 42.4 Å². The molecule has 0 spiro atoms. The summed E-state index contributed by atoms with van der Waals surface area (Å²) in [6.45, 7) is 14.8. The van der Waals surface area contributed by atoms with E-state index in [0.29, 0.717) is 17.9 Å². The molecule has 1 heteroatoms. The zero-order chi connectivity index (χ0) is 15.8. The maximum Gasteiger partial charge on any atom is 0.0323 e. The molecule has 0 saturated heterocycles. The molecule has 1 unspecified atom stereocenters. The first-order valence-corrected chi connectivity index (χ1v) is 8.88. The van der Waals surface area contributed by atoms with Crippen LogP contribution < -0.4 is 5.32 Å². The first kappa shape index (κ1) is 18.2. The second-order valence-corrected chi connectivity index (χ2v) is 6.85. The van der Waals surface area contributed by atoms with Crippen LogP contribution in [0.15, 0.2) is 18.2 Å². The Morgan fingerprint density at radius 1 is 0.905 bits per heavy atom. The maximum absolute atomic E-state index is 3.76. The summed E-state index contributed by atoms with van der Waals surface area (Å²) in [4.78, 5) is 0. The summed E-state index contributed by atoms with van der Waals surface area (Å²) in [7, 11) is 0. The third kappa shape index (κ3) is 5.47. The Balaban J connectivity index is 3.09. The van der Waals surface area contributed by atoms with Gasteiger partial charge in [-0.15, -0.1) is 0 Å². The number of benzene rings is 1. The largest absolute Gasteiger partial charge is 0.310 e. The van der Waals surface area contributed by atoms with Gasteiger partial charge in [0.2, 0.25) is 0 Å². The molecule has 0 amide bonds. The van der Waals surface area contributed by atoms with Gasteiger partial charge < -0.3 is 5.32 Å². The van der Waals surface area contributed by atoms with Gasteiger partial charge in [0.05, 0.1) is 0 Å². The van der Waals surface area contributed by atoms with Crippen molar-refractivity contribution in [2.75, 3.05) is 6.54 Å². The normalized spacial score (nSPS) is 13.1. The van der Waals surface area contributed by atoms with E-state index < -0.39 is 0 Å². The predicted molar refractivity (Wildman–Crippen MR) is 95.2 cm³/mol. The molecule has 0 bridgehead atoms. The Bertz CT molecular complexity index is 398. The highest BCUT2D eigenvalue weighted by atomic mass is 14.9. The molecule has 1 aromatic carbocycles. The fourth-order valence-corrected chi connectivity index (χ4v) is 2.86. The van der Waals surface area contributed by atoms with Crippen molar-refractivity contribution in [1.29, 1.82) is 0 Å². The first-order valence-electron chi connectivity index (χ1n) is 8.88. The summed E-state index contributed by atoms with van der Waals surface area (Å²) < 4.78 is 0. The first-order chi connectivity index (χ1) is 10.0. The highest BCUT2D eigenvalue weighted by Crippen LogP contribution is 2.31. The van der Waals surface area contributed by atoms with E-state index in [1.54, 1.807) is 0 Å². The summed E-state index contributed by atoms with van der Waals surface area (Å²) in [6.07, 6.45) is 5.01. The van der Waals surface area contributed by atoms with Gasteiger partial charge in [-0.25, -0.2) is 0 Å². The van der Waals surface area contributed by atoms with Crippen LogP contribution in [0.2, 0.25) is 0 Å². The summed E-state index contributed by atoms with van der Waals surface area (Å²) in [6, 6.07) is 7.67. The standard InChI is InChI=1S/C20H35N/c1-7-9-10-20(21-13-8-2)18-12-11-17(15(3)4)14-19(18)16(5)6/h11-12,14-16,20-21H,7-10,13H2,1-6H3. The predicted octanol–water partition coefficient (Wildman–Crippen LogP) is 6.16. The molecule has 1 N–H and O–H groups in total. The quantitative estimate of drug-likeness (QED) is 0.573. The Hall–Kier alpha value is -0.820. The van der Waals surface area contributed by atoms with Crippen molar-refractivity contribution in [3.05, 3.63) is 34.9 Å². The smallest absolute Gasteiger partial charge is 0.0323 e. The van der Waals surface area contributed by atoms with Crippen molar-refractivity contribution >= 4 is 0 Å². The Morgan fingerprint density at radius 2 is 1.62 bits per heavy atom. The summed E-state index contributed by atoms with van der Waals surface area (Å²) >= 11 is 0. The average Bonchev–Trinajstić information content (AvgIpc) is 2.46. The van der Waals surface area contributed by atoms with E-state index in [2.05, 4.69) is 65.1 Å². The van der Waals surface area contributed by atoms with Crippen LogP contribution >= 0.6 is 0 Å². The molecule has 0 radical (unpaired) electrons. The van der Waals surface area contributed by atoms with E-state index in [4.69, 9.17) is 0 Å². The lowest BCUT2D eigenvalue weighted by atomic mass is 9.87. The van der Waals surface area contributed by atoms with Gasteiger partial charge in [0, 0.05) is 6.04 Å². The molecule has 1 aromatic rings. The second-order valence-electron chi connectivity index (χ2n) is 6.85. The molecule has 1 rings (SSSR count). The van der Waals surface area contributed by atoms with Crippen LogP contribution in [0, 0.1) is 0 Å². The van der Waals surface area contributed by atoms with Crippen molar-refractivity contribution in [2.45, 2.75) is 85.1 Å². The molecule has 0 aliphatic carbocycles. The van der Waals surface area contributed by atoms with Crippen molar-refractivity contribution in [1.82, 2.24) is 5.32 Å². The summed E-state index contributed by atoms with van der Waals surface area (Å²) in [5.74, 6) is 1.19. The fraction of sp³-hybridized carbons (Fsp3) is 0.700. The molecule has 0 aliphatic heterocycles. The lowest BCUT2D eigenvalue weighted by Gasteiger charge is -2.25. The molecule has 1 nitrogen and oxygen atoms in total. The third-order valence-corrected chi connectivity index (χ3v) is 4.26. The van der Waals surface area contributed by atoms with Crippen molar-refractivity contribution in [2.24, 2.45) is 0 Å². The molecule has 0 heterocycles. The minimum Gasteiger partial charge on any atom is -0.310 e. The molecule has 1 atom stereocenters.